The zero-order valence-corrected chi connectivity index (χ0v) is 15.7. The summed E-state index contributed by atoms with van der Waals surface area (Å²) in [4.78, 5) is 16.5. The third-order valence-corrected chi connectivity index (χ3v) is 4.54. The van der Waals surface area contributed by atoms with Crippen molar-refractivity contribution in [3.05, 3.63) is 107 Å². The van der Waals surface area contributed by atoms with Crippen LogP contribution < -0.4 is 5.32 Å². The van der Waals surface area contributed by atoms with Crippen LogP contribution in [0.4, 0.5) is 5.69 Å². The summed E-state index contributed by atoms with van der Waals surface area (Å²) in [5.74, 6) is 0.548. The number of anilines is 1. The fourth-order valence-electron chi connectivity index (χ4n) is 2.89. The van der Waals surface area contributed by atoms with Crippen molar-refractivity contribution in [3.8, 4) is 11.3 Å². The average molecular weight is 389 g/mol. The van der Waals surface area contributed by atoms with Crippen molar-refractivity contribution in [1.29, 1.82) is 0 Å². The first-order valence-corrected chi connectivity index (χ1v) is 9.20. The smallest absolute Gasteiger partial charge is 0.291 e. The van der Waals surface area contributed by atoms with Gasteiger partial charge in [-0.15, -0.1) is 0 Å². The molecule has 2 heterocycles. The molecule has 5 heteroatoms. The van der Waals surface area contributed by atoms with Crippen molar-refractivity contribution in [2.24, 2.45) is 0 Å². The molecule has 1 amide bonds. The van der Waals surface area contributed by atoms with Crippen LogP contribution in [-0.2, 0) is 6.42 Å². The van der Waals surface area contributed by atoms with Gasteiger partial charge in [0.05, 0.1) is 0 Å². The van der Waals surface area contributed by atoms with Crippen molar-refractivity contribution < 1.29 is 9.21 Å². The van der Waals surface area contributed by atoms with Gasteiger partial charge < -0.3 is 9.73 Å². The van der Waals surface area contributed by atoms with Crippen molar-refractivity contribution in [1.82, 2.24) is 4.98 Å². The Morgan fingerprint density at radius 1 is 0.929 bits per heavy atom. The van der Waals surface area contributed by atoms with E-state index in [1.165, 1.54) is 5.56 Å². The van der Waals surface area contributed by atoms with E-state index in [4.69, 9.17) is 16.0 Å². The SMILES string of the molecule is O=C(Nc1ccc(Cc2ccncc2)cc1)c1ccc(-c2cccc(Cl)c2)o1. The van der Waals surface area contributed by atoms with E-state index in [1.54, 1.807) is 36.7 Å². The number of benzene rings is 2. The molecule has 0 fully saturated rings. The number of nitrogens with one attached hydrogen (secondary N) is 1. The number of carbonyl (C=O) groups is 1. The Morgan fingerprint density at radius 3 is 2.43 bits per heavy atom. The first-order valence-electron chi connectivity index (χ1n) is 8.82. The van der Waals surface area contributed by atoms with Crippen molar-refractivity contribution in [2.45, 2.75) is 6.42 Å². The number of hydrogen-bond acceptors (Lipinski definition) is 3. The number of halogens is 1. The van der Waals surface area contributed by atoms with Crippen LogP contribution in [0.15, 0.2) is 89.6 Å². The van der Waals surface area contributed by atoms with Crippen molar-refractivity contribution >= 4 is 23.2 Å². The Kier molecular flexibility index (Phi) is 5.22. The quantitative estimate of drug-likeness (QED) is 0.467. The third-order valence-electron chi connectivity index (χ3n) is 4.31. The minimum Gasteiger partial charge on any atom is -0.451 e. The molecule has 28 heavy (non-hydrogen) atoms. The Labute approximate surface area is 167 Å². The predicted octanol–water partition coefficient (Wildman–Crippen LogP) is 5.84. The highest BCUT2D eigenvalue weighted by Gasteiger charge is 2.13. The van der Waals surface area contributed by atoms with Crippen LogP contribution >= 0.6 is 11.6 Å². The molecular formula is C23H17ClN2O2. The van der Waals surface area contributed by atoms with Gasteiger partial charge >= 0.3 is 0 Å². The molecule has 0 spiro atoms. The molecule has 2 aromatic heterocycles. The van der Waals surface area contributed by atoms with E-state index in [-0.39, 0.29) is 11.7 Å². The molecule has 0 aliphatic rings. The number of carbonyl (C=O) groups excluding carboxylic acids is 1. The van der Waals surface area contributed by atoms with Gasteiger partial charge in [-0.2, -0.15) is 0 Å². The molecule has 0 aliphatic carbocycles. The summed E-state index contributed by atoms with van der Waals surface area (Å²) in [5, 5.41) is 3.47. The molecule has 0 aliphatic heterocycles. The van der Waals surface area contributed by atoms with Gasteiger partial charge in [-0.1, -0.05) is 35.9 Å². The first-order chi connectivity index (χ1) is 13.7. The fraction of sp³-hybridized carbons (Fsp3) is 0.0435. The summed E-state index contributed by atoms with van der Waals surface area (Å²) in [6.07, 6.45) is 4.38. The second-order valence-electron chi connectivity index (χ2n) is 6.36. The summed E-state index contributed by atoms with van der Waals surface area (Å²) in [5.41, 5.74) is 3.89. The lowest BCUT2D eigenvalue weighted by atomic mass is 10.1. The molecule has 1 N–H and O–H groups in total. The first kappa shape index (κ1) is 18.0. The summed E-state index contributed by atoms with van der Waals surface area (Å²) in [6.45, 7) is 0. The van der Waals surface area contributed by atoms with Crippen LogP contribution in [0.3, 0.4) is 0 Å². The number of pyridine rings is 1. The lowest BCUT2D eigenvalue weighted by Crippen LogP contribution is -2.10. The number of amides is 1. The highest BCUT2D eigenvalue weighted by molar-refractivity contribution is 6.30. The van der Waals surface area contributed by atoms with Crippen LogP contribution in [0.25, 0.3) is 11.3 Å². The second kappa shape index (κ2) is 8.11. The number of hydrogen-bond donors (Lipinski definition) is 1. The summed E-state index contributed by atoms with van der Waals surface area (Å²) in [7, 11) is 0. The molecule has 138 valence electrons. The van der Waals surface area contributed by atoms with Gasteiger partial charge in [0.15, 0.2) is 5.76 Å². The highest BCUT2D eigenvalue weighted by Crippen LogP contribution is 2.25. The minimum absolute atomic E-state index is 0.246. The van der Waals surface area contributed by atoms with E-state index in [0.717, 1.165) is 17.5 Å². The Bertz CT molecular complexity index is 1090. The predicted molar refractivity (Wildman–Crippen MR) is 111 cm³/mol. The van der Waals surface area contributed by atoms with E-state index >= 15 is 0 Å². The zero-order valence-electron chi connectivity index (χ0n) is 14.9. The van der Waals surface area contributed by atoms with Gasteiger partial charge in [0, 0.05) is 28.7 Å². The van der Waals surface area contributed by atoms with E-state index < -0.39 is 0 Å². The third kappa shape index (κ3) is 4.30. The van der Waals surface area contributed by atoms with E-state index in [2.05, 4.69) is 10.3 Å². The molecule has 0 bridgehead atoms. The normalized spacial score (nSPS) is 10.6. The van der Waals surface area contributed by atoms with Gasteiger partial charge in [-0.25, -0.2) is 0 Å². The van der Waals surface area contributed by atoms with E-state index in [1.807, 2.05) is 48.5 Å². The van der Waals surface area contributed by atoms with Crippen LogP contribution in [0.5, 0.6) is 0 Å². The lowest BCUT2D eigenvalue weighted by molar-refractivity contribution is 0.0997. The summed E-state index contributed by atoms with van der Waals surface area (Å²) >= 11 is 6.01. The van der Waals surface area contributed by atoms with Crippen molar-refractivity contribution in [2.75, 3.05) is 5.32 Å². The molecule has 0 atom stereocenters. The van der Waals surface area contributed by atoms with Crippen LogP contribution in [-0.4, -0.2) is 10.9 Å². The van der Waals surface area contributed by atoms with Gasteiger partial charge in [0.25, 0.3) is 5.91 Å². The topological polar surface area (TPSA) is 55.1 Å². The van der Waals surface area contributed by atoms with Gasteiger partial charge in [-0.05, 0) is 66.1 Å². The molecule has 0 unspecified atom stereocenters. The number of furan rings is 1. The maximum Gasteiger partial charge on any atom is 0.291 e. The van der Waals surface area contributed by atoms with E-state index in [9.17, 15) is 4.79 Å². The van der Waals surface area contributed by atoms with Crippen LogP contribution in [0.2, 0.25) is 5.02 Å². The molecular weight excluding hydrogens is 372 g/mol. The Hall–Kier alpha value is -3.37. The molecule has 0 radical (unpaired) electrons. The van der Waals surface area contributed by atoms with Gasteiger partial charge in [-0.3, -0.25) is 9.78 Å². The summed E-state index contributed by atoms with van der Waals surface area (Å²) in [6, 6.07) is 22.5. The Balaban J connectivity index is 1.42. The lowest BCUT2D eigenvalue weighted by Gasteiger charge is -2.06. The van der Waals surface area contributed by atoms with Gasteiger partial charge in [0.2, 0.25) is 0 Å². The van der Waals surface area contributed by atoms with Crippen LogP contribution in [0.1, 0.15) is 21.7 Å². The molecule has 4 aromatic rings. The molecule has 0 saturated carbocycles. The monoisotopic (exact) mass is 388 g/mol. The number of aromatic nitrogens is 1. The molecule has 2 aromatic carbocycles. The zero-order chi connectivity index (χ0) is 19.3. The number of rotatable bonds is 5. The maximum absolute atomic E-state index is 12.5. The van der Waals surface area contributed by atoms with Gasteiger partial charge in [0.1, 0.15) is 5.76 Å². The Morgan fingerprint density at radius 2 is 1.68 bits per heavy atom. The fourth-order valence-corrected chi connectivity index (χ4v) is 3.08. The van der Waals surface area contributed by atoms with E-state index in [0.29, 0.717) is 16.5 Å². The van der Waals surface area contributed by atoms with Crippen molar-refractivity contribution in [3.63, 3.8) is 0 Å². The largest absolute Gasteiger partial charge is 0.451 e. The standard InChI is InChI=1S/C23H17ClN2O2/c24-19-3-1-2-18(15-19)21-8-9-22(28-21)23(27)26-20-6-4-16(5-7-20)14-17-10-12-25-13-11-17/h1-13,15H,14H2,(H,26,27). The minimum atomic E-state index is -0.296. The highest BCUT2D eigenvalue weighted by atomic mass is 35.5. The van der Waals surface area contributed by atoms with Crippen LogP contribution in [0, 0.1) is 0 Å². The average Bonchev–Trinajstić information content (AvgIpc) is 3.21. The molecule has 4 rings (SSSR count). The maximum atomic E-state index is 12.5. The molecule has 4 nitrogen and oxygen atoms in total. The molecule has 0 saturated heterocycles. The second-order valence-corrected chi connectivity index (χ2v) is 6.79. The number of nitrogens with zero attached hydrogens (tertiary/aromatic N) is 1. The summed E-state index contributed by atoms with van der Waals surface area (Å²) < 4.78 is 5.68.